The minimum Gasteiger partial charge on any atom is -0.476 e. The first-order chi connectivity index (χ1) is 12.5. The molecule has 0 atom stereocenters. The summed E-state index contributed by atoms with van der Waals surface area (Å²) in [6.45, 7) is 2.22. The van der Waals surface area contributed by atoms with E-state index >= 15 is 0 Å². The first kappa shape index (κ1) is 16.4. The van der Waals surface area contributed by atoms with Gasteiger partial charge in [-0.1, -0.05) is 41.9 Å². The van der Waals surface area contributed by atoms with Gasteiger partial charge < -0.3 is 5.11 Å². The van der Waals surface area contributed by atoms with Gasteiger partial charge in [0.05, 0.1) is 28.5 Å². The van der Waals surface area contributed by atoms with Crippen molar-refractivity contribution in [1.82, 2.24) is 19.4 Å². The highest BCUT2D eigenvalue weighted by Crippen LogP contribution is 2.25. The quantitative estimate of drug-likeness (QED) is 0.594. The lowest BCUT2D eigenvalue weighted by Gasteiger charge is -2.08. The number of pyridine rings is 1. The summed E-state index contributed by atoms with van der Waals surface area (Å²) in [7, 11) is 0. The molecule has 0 fully saturated rings. The molecule has 1 N–H and O–H groups in total. The number of aromatic nitrogens is 4. The molecular formula is C19H15ClN4O2. The summed E-state index contributed by atoms with van der Waals surface area (Å²) in [6, 6.07) is 17.0. The van der Waals surface area contributed by atoms with Crippen LogP contribution in [0.1, 0.15) is 21.9 Å². The standard InChI is InChI=1S/C19H15ClN4O2/c1-12-9-17(19(25)26)21-23(12)11-14-7-8-15(20)18-10-16(22-24(14)18)13-5-3-2-4-6-13/h2-10H,11H2,1H3,(H,25,26). The molecule has 1 aromatic carbocycles. The highest BCUT2D eigenvalue weighted by atomic mass is 35.5. The Hall–Kier alpha value is -3.12. The topological polar surface area (TPSA) is 72.4 Å². The van der Waals surface area contributed by atoms with E-state index in [4.69, 9.17) is 16.7 Å². The Bertz CT molecular complexity index is 1120. The highest BCUT2D eigenvalue weighted by Gasteiger charge is 2.14. The zero-order valence-corrected chi connectivity index (χ0v) is 14.7. The number of rotatable bonds is 4. The number of carbonyl (C=O) groups is 1. The van der Waals surface area contributed by atoms with Crippen LogP contribution in [0.3, 0.4) is 0 Å². The molecule has 0 aliphatic carbocycles. The molecule has 0 radical (unpaired) electrons. The van der Waals surface area contributed by atoms with E-state index in [-0.39, 0.29) is 5.69 Å². The van der Waals surface area contributed by atoms with Crippen molar-refractivity contribution in [1.29, 1.82) is 0 Å². The lowest BCUT2D eigenvalue weighted by molar-refractivity contribution is 0.0689. The number of aromatic carboxylic acids is 1. The maximum Gasteiger partial charge on any atom is 0.356 e. The molecule has 0 saturated heterocycles. The summed E-state index contributed by atoms with van der Waals surface area (Å²) in [6.07, 6.45) is 0. The lowest BCUT2D eigenvalue weighted by Crippen LogP contribution is -2.10. The van der Waals surface area contributed by atoms with Crippen LogP contribution in [0.2, 0.25) is 5.02 Å². The average molecular weight is 367 g/mol. The molecule has 3 aromatic heterocycles. The molecule has 0 spiro atoms. The van der Waals surface area contributed by atoms with Gasteiger partial charge in [-0.25, -0.2) is 9.31 Å². The minimum absolute atomic E-state index is 0.0261. The van der Waals surface area contributed by atoms with Crippen molar-refractivity contribution < 1.29 is 9.90 Å². The van der Waals surface area contributed by atoms with E-state index in [2.05, 4.69) is 10.2 Å². The number of hydrogen-bond acceptors (Lipinski definition) is 3. The van der Waals surface area contributed by atoms with Gasteiger partial charge in [-0.15, -0.1) is 0 Å². The number of fused-ring (bicyclic) bond motifs is 1. The normalized spacial score (nSPS) is 11.2. The fourth-order valence-corrected chi connectivity index (χ4v) is 3.09. The van der Waals surface area contributed by atoms with Crippen LogP contribution in [0, 0.1) is 6.92 Å². The van der Waals surface area contributed by atoms with Crippen molar-refractivity contribution in [3.05, 3.63) is 76.7 Å². The molecule has 7 heteroatoms. The molecule has 4 aromatic rings. The number of aryl methyl sites for hydroxylation is 1. The maximum atomic E-state index is 11.1. The van der Waals surface area contributed by atoms with Crippen molar-refractivity contribution in [3.63, 3.8) is 0 Å². The van der Waals surface area contributed by atoms with Crippen molar-refractivity contribution in [2.45, 2.75) is 13.5 Å². The number of benzene rings is 1. The van der Waals surface area contributed by atoms with Gasteiger partial charge in [-0.2, -0.15) is 10.2 Å². The summed E-state index contributed by atoms with van der Waals surface area (Å²) in [5.41, 5.74) is 4.27. The second kappa shape index (κ2) is 6.31. The monoisotopic (exact) mass is 366 g/mol. The van der Waals surface area contributed by atoms with E-state index < -0.39 is 5.97 Å². The fourth-order valence-electron chi connectivity index (χ4n) is 2.89. The molecule has 0 bridgehead atoms. The average Bonchev–Trinajstić information content (AvgIpc) is 3.23. The predicted molar refractivity (Wildman–Crippen MR) is 98.7 cm³/mol. The van der Waals surface area contributed by atoms with Gasteiger partial charge in [0.2, 0.25) is 0 Å². The van der Waals surface area contributed by atoms with Gasteiger partial charge >= 0.3 is 5.97 Å². The minimum atomic E-state index is -1.04. The number of halogens is 1. The van der Waals surface area contributed by atoms with Crippen LogP contribution in [0.15, 0.2) is 54.6 Å². The number of carboxylic acid groups (broad SMARTS) is 1. The Labute approximate surface area is 154 Å². The second-order valence-corrected chi connectivity index (χ2v) is 6.41. The van der Waals surface area contributed by atoms with Crippen LogP contribution in [0.25, 0.3) is 16.8 Å². The Morgan fingerprint density at radius 1 is 1.12 bits per heavy atom. The van der Waals surface area contributed by atoms with E-state index in [1.807, 2.05) is 55.5 Å². The lowest BCUT2D eigenvalue weighted by atomic mass is 10.1. The van der Waals surface area contributed by atoms with Crippen LogP contribution < -0.4 is 0 Å². The SMILES string of the molecule is Cc1cc(C(=O)O)nn1Cc1ccc(Cl)c2cc(-c3ccccc3)nn12. The third kappa shape index (κ3) is 2.84. The molecule has 0 aliphatic rings. The summed E-state index contributed by atoms with van der Waals surface area (Å²) in [5, 5.41) is 18.5. The Kier molecular flexibility index (Phi) is 3.97. The Morgan fingerprint density at radius 3 is 2.58 bits per heavy atom. The van der Waals surface area contributed by atoms with Crippen LogP contribution in [-0.4, -0.2) is 30.5 Å². The fraction of sp³-hybridized carbons (Fsp3) is 0.105. The molecule has 0 amide bonds. The predicted octanol–water partition coefficient (Wildman–Crippen LogP) is 3.91. The first-order valence-electron chi connectivity index (χ1n) is 8.03. The van der Waals surface area contributed by atoms with Crippen LogP contribution in [0.5, 0.6) is 0 Å². The van der Waals surface area contributed by atoms with Gasteiger partial charge in [0.15, 0.2) is 5.69 Å². The Balaban J connectivity index is 1.80. The molecule has 3 heterocycles. The molecule has 4 rings (SSSR count). The molecule has 0 saturated carbocycles. The summed E-state index contributed by atoms with van der Waals surface area (Å²) in [4.78, 5) is 11.1. The maximum absolute atomic E-state index is 11.1. The van der Waals surface area contributed by atoms with E-state index in [1.54, 1.807) is 15.3 Å². The number of nitrogens with zero attached hydrogens (tertiary/aromatic N) is 4. The summed E-state index contributed by atoms with van der Waals surface area (Å²) >= 11 is 6.35. The van der Waals surface area contributed by atoms with Crippen LogP contribution >= 0.6 is 11.6 Å². The molecule has 0 aliphatic heterocycles. The molecular weight excluding hydrogens is 352 g/mol. The molecule has 26 heavy (non-hydrogen) atoms. The largest absolute Gasteiger partial charge is 0.476 e. The highest BCUT2D eigenvalue weighted by molar-refractivity contribution is 6.33. The van der Waals surface area contributed by atoms with Gasteiger partial charge in [0.25, 0.3) is 0 Å². The third-order valence-corrected chi connectivity index (χ3v) is 4.55. The van der Waals surface area contributed by atoms with Gasteiger partial charge in [0.1, 0.15) is 0 Å². The smallest absolute Gasteiger partial charge is 0.356 e. The van der Waals surface area contributed by atoms with Gasteiger partial charge in [-0.3, -0.25) is 4.68 Å². The third-order valence-electron chi connectivity index (χ3n) is 4.23. The zero-order valence-electron chi connectivity index (χ0n) is 13.9. The van der Waals surface area contributed by atoms with Gasteiger partial charge in [-0.05, 0) is 31.2 Å². The van der Waals surface area contributed by atoms with E-state index in [9.17, 15) is 4.79 Å². The van der Waals surface area contributed by atoms with Crippen molar-refractivity contribution >= 4 is 23.1 Å². The number of hydrogen-bond donors (Lipinski definition) is 1. The Morgan fingerprint density at radius 2 is 1.88 bits per heavy atom. The van der Waals surface area contributed by atoms with Crippen LogP contribution in [0.4, 0.5) is 0 Å². The number of carboxylic acids is 1. The molecule has 0 unspecified atom stereocenters. The molecule has 6 nitrogen and oxygen atoms in total. The van der Waals surface area contributed by atoms with E-state index in [1.165, 1.54) is 0 Å². The molecule has 130 valence electrons. The zero-order chi connectivity index (χ0) is 18.3. The van der Waals surface area contributed by atoms with Crippen LogP contribution in [-0.2, 0) is 6.54 Å². The van der Waals surface area contributed by atoms with Crippen molar-refractivity contribution in [2.24, 2.45) is 0 Å². The summed E-state index contributed by atoms with van der Waals surface area (Å²) < 4.78 is 3.43. The second-order valence-electron chi connectivity index (χ2n) is 6.00. The van der Waals surface area contributed by atoms with E-state index in [0.29, 0.717) is 11.6 Å². The van der Waals surface area contributed by atoms with Crippen molar-refractivity contribution in [2.75, 3.05) is 0 Å². The van der Waals surface area contributed by atoms with Crippen molar-refractivity contribution in [3.8, 4) is 11.3 Å². The summed E-state index contributed by atoms with van der Waals surface area (Å²) in [5.74, 6) is -1.04. The van der Waals surface area contributed by atoms with Gasteiger partial charge in [0, 0.05) is 11.3 Å². The van der Waals surface area contributed by atoms with E-state index in [0.717, 1.165) is 28.2 Å². The first-order valence-corrected chi connectivity index (χ1v) is 8.41.